The third-order valence-corrected chi connectivity index (χ3v) is 3.73. The van der Waals surface area contributed by atoms with Gasteiger partial charge in [0.05, 0.1) is 0 Å². The molecule has 0 spiro atoms. The zero-order valence-corrected chi connectivity index (χ0v) is 8.99. The first-order valence-corrected chi connectivity index (χ1v) is 5.82. The van der Waals surface area contributed by atoms with E-state index in [1.807, 2.05) is 4.57 Å². The molecule has 0 N–H and O–H groups in total. The molecule has 1 heterocycles. The third-order valence-electron chi connectivity index (χ3n) is 2.59. The second kappa shape index (κ2) is 3.29. The Labute approximate surface area is 82.2 Å². The maximum absolute atomic E-state index is 11.6. The number of hydrogen-bond acceptors (Lipinski definition) is 2. The van der Waals surface area contributed by atoms with Crippen LogP contribution in [0.2, 0.25) is 0 Å². The minimum atomic E-state index is 0.260. The predicted octanol–water partition coefficient (Wildman–Crippen LogP) is 2.37. The van der Waals surface area contributed by atoms with Gasteiger partial charge in [0.15, 0.2) is 0 Å². The van der Waals surface area contributed by atoms with Crippen molar-refractivity contribution in [2.24, 2.45) is 0 Å². The second-order valence-corrected chi connectivity index (χ2v) is 4.59. The highest BCUT2D eigenvalue weighted by Gasteiger charge is 2.28. The molecule has 0 aromatic carbocycles. The molecule has 0 saturated heterocycles. The van der Waals surface area contributed by atoms with Crippen LogP contribution < -0.4 is 4.87 Å². The van der Waals surface area contributed by atoms with Crippen LogP contribution in [0.5, 0.6) is 0 Å². The lowest BCUT2D eigenvalue weighted by molar-refractivity contribution is 0.679. The summed E-state index contributed by atoms with van der Waals surface area (Å²) in [5.41, 5.74) is 1.29. The van der Waals surface area contributed by atoms with E-state index in [2.05, 4.69) is 13.8 Å². The van der Waals surface area contributed by atoms with Crippen LogP contribution in [-0.4, -0.2) is 4.57 Å². The summed E-state index contributed by atoms with van der Waals surface area (Å²) in [6, 6.07) is 0.541. The molecule has 0 radical (unpaired) electrons. The molecule has 1 aromatic heterocycles. The highest BCUT2D eigenvalue weighted by atomic mass is 32.1. The van der Waals surface area contributed by atoms with Gasteiger partial charge >= 0.3 is 4.87 Å². The molecule has 0 unspecified atom stereocenters. The molecule has 1 fully saturated rings. The van der Waals surface area contributed by atoms with Crippen LogP contribution in [0.4, 0.5) is 0 Å². The molecule has 2 nitrogen and oxygen atoms in total. The first kappa shape index (κ1) is 9.00. The van der Waals surface area contributed by atoms with E-state index >= 15 is 0 Å². The Morgan fingerprint density at radius 3 is 2.54 bits per heavy atom. The maximum atomic E-state index is 11.6. The van der Waals surface area contributed by atoms with Gasteiger partial charge in [-0.15, -0.1) is 0 Å². The molecule has 3 heteroatoms. The molecule has 0 bridgehead atoms. The third kappa shape index (κ3) is 1.46. The average molecular weight is 197 g/mol. The second-order valence-electron chi connectivity index (χ2n) is 3.55. The maximum Gasteiger partial charge on any atom is 0.307 e. The largest absolute Gasteiger partial charge is 0.307 e. The summed E-state index contributed by atoms with van der Waals surface area (Å²) in [5.74, 6) is 0. The van der Waals surface area contributed by atoms with Gasteiger partial charge in [-0.2, -0.15) is 0 Å². The van der Waals surface area contributed by atoms with Crippen LogP contribution in [-0.2, 0) is 12.8 Å². The minimum absolute atomic E-state index is 0.260. The number of thiazole rings is 1. The number of aryl methyl sites for hydroxylation is 1. The number of aromatic nitrogens is 1. The molecule has 0 aliphatic heterocycles. The Hall–Kier alpha value is -0.570. The number of rotatable bonds is 3. The van der Waals surface area contributed by atoms with E-state index in [-0.39, 0.29) is 4.87 Å². The van der Waals surface area contributed by atoms with E-state index in [4.69, 9.17) is 0 Å². The average Bonchev–Trinajstić information content (AvgIpc) is 2.90. The zero-order valence-electron chi connectivity index (χ0n) is 8.17. The van der Waals surface area contributed by atoms with Crippen molar-refractivity contribution >= 4 is 11.3 Å². The normalized spacial score (nSPS) is 16.5. The molecule has 72 valence electrons. The van der Waals surface area contributed by atoms with Gasteiger partial charge in [0.25, 0.3) is 0 Å². The first-order chi connectivity index (χ1) is 6.27. The summed E-state index contributed by atoms with van der Waals surface area (Å²) in [6.07, 6.45) is 4.40. The molecule has 0 amide bonds. The van der Waals surface area contributed by atoms with Crippen LogP contribution in [0.3, 0.4) is 0 Å². The molecule has 1 saturated carbocycles. The molecule has 0 atom stereocenters. The smallest absolute Gasteiger partial charge is 0.300 e. The van der Waals surface area contributed by atoms with E-state index in [1.54, 1.807) is 0 Å². The Bertz CT molecular complexity index is 359. The summed E-state index contributed by atoms with van der Waals surface area (Å²) in [4.78, 5) is 13.2. The van der Waals surface area contributed by atoms with Gasteiger partial charge in [-0.3, -0.25) is 9.36 Å². The molecule has 1 aliphatic rings. The Morgan fingerprint density at radius 1 is 1.38 bits per heavy atom. The topological polar surface area (TPSA) is 22.0 Å². The van der Waals surface area contributed by atoms with Gasteiger partial charge in [-0.05, 0) is 25.7 Å². The monoisotopic (exact) mass is 197 g/mol. The van der Waals surface area contributed by atoms with E-state index in [9.17, 15) is 4.79 Å². The lowest BCUT2D eigenvalue weighted by atomic mass is 10.2. The number of nitrogens with zero attached hydrogens (tertiary/aromatic N) is 1. The summed E-state index contributed by atoms with van der Waals surface area (Å²) < 4.78 is 2.03. The van der Waals surface area contributed by atoms with Crippen LogP contribution in [0, 0.1) is 0 Å². The van der Waals surface area contributed by atoms with E-state index in [1.165, 1.54) is 34.7 Å². The van der Waals surface area contributed by atoms with Crippen molar-refractivity contribution in [2.75, 3.05) is 0 Å². The lowest BCUT2D eigenvalue weighted by Crippen LogP contribution is -2.14. The zero-order chi connectivity index (χ0) is 9.42. The van der Waals surface area contributed by atoms with Gasteiger partial charge in [-0.1, -0.05) is 25.2 Å². The molecular formula is C10H15NOS. The van der Waals surface area contributed by atoms with Crippen molar-refractivity contribution in [3.63, 3.8) is 0 Å². The van der Waals surface area contributed by atoms with Gasteiger partial charge in [0.1, 0.15) is 0 Å². The van der Waals surface area contributed by atoms with Crippen LogP contribution >= 0.6 is 11.3 Å². The molecule has 1 aliphatic carbocycles. The summed E-state index contributed by atoms with van der Waals surface area (Å²) in [5, 5.41) is 0. The standard InChI is InChI=1S/C10H15NOS/c1-3-8-9(4-2)13-10(12)11(8)7-5-6-7/h7H,3-6H2,1-2H3. The highest BCUT2D eigenvalue weighted by Crippen LogP contribution is 2.36. The van der Waals surface area contributed by atoms with Gasteiger partial charge in [0.2, 0.25) is 0 Å². The van der Waals surface area contributed by atoms with E-state index < -0.39 is 0 Å². The van der Waals surface area contributed by atoms with Crippen LogP contribution in [0.25, 0.3) is 0 Å². The molecule has 13 heavy (non-hydrogen) atoms. The summed E-state index contributed by atoms with van der Waals surface area (Å²) >= 11 is 1.44. The van der Waals surface area contributed by atoms with Crippen molar-refractivity contribution < 1.29 is 0 Å². The van der Waals surface area contributed by atoms with Crippen molar-refractivity contribution in [3.8, 4) is 0 Å². The fourth-order valence-corrected chi connectivity index (χ4v) is 2.88. The van der Waals surface area contributed by atoms with Gasteiger partial charge in [0, 0.05) is 16.6 Å². The first-order valence-electron chi connectivity index (χ1n) is 5.01. The van der Waals surface area contributed by atoms with E-state index in [0.29, 0.717) is 6.04 Å². The van der Waals surface area contributed by atoms with E-state index in [0.717, 1.165) is 12.8 Å². The van der Waals surface area contributed by atoms with Crippen molar-refractivity contribution in [3.05, 3.63) is 20.2 Å². The Morgan fingerprint density at radius 2 is 2.08 bits per heavy atom. The quantitative estimate of drug-likeness (QED) is 0.729. The Kier molecular flexibility index (Phi) is 2.28. The van der Waals surface area contributed by atoms with Crippen molar-refractivity contribution in [1.29, 1.82) is 0 Å². The summed E-state index contributed by atoms with van der Waals surface area (Å²) in [7, 11) is 0. The van der Waals surface area contributed by atoms with Gasteiger partial charge < -0.3 is 0 Å². The molecule has 1 aromatic rings. The van der Waals surface area contributed by atoms with Crippen LogP contribution in [0.15, 0.2) is 4.79 Å². The minimum Gasteiger partial charge on any atom is -0.300 e. The van der Waals surface area contributed by atoms with Gasteiger partial charge in [-0.25, -0.2) is 0 Å². The predicted molar refractivity (Wildman–Crippen MR) is 55.6 cm³/mol. The van der Waals surface area contributed by atoms with Crippen LogP contribution in [0.1, 0.15) is 43.3 Å². The SMILES string of the molecule is CCc1sc(=O)n(C2CC2)c1CC. The fourth-order valence-electron chi connectivity index (χ4n) is 1.80. The highest BCUT2D eigenvalue weighted by molar-refractivity contribution is 7.09. The summed E-state index contributed by atoms with van der Waals surface area (Å²) in [6.45, 7) is 4.27. The molecule has 2 rings (SSSR count). The number of hydrogen-bond donors (Lipinski definition) is 0. The molecular weight excluding hydrogens is 182 g/mol. The fraction of sp³-hybridized carbons (Fsp3) is 0.700. The van der Waals surface area contributed by atoms with Crippen molar-refractivity contribution in [2.45, 2.75) is 45.6 Å². The lowest BCUT2D eigenvalue weighted by Gasteiger charge is -2.04. The van der Waals surface area contributed by atoms with Crippen molar-refractivity contribution in [1.82, 2.24) is 4.57 Å². The Balaban J connectivity index is 2.51.